The average molecular weight is 289 g/mol. The van der Waals surface area contributed by atoms with Crippen molar-refractivity contribution in [2.75, 3.05) is 20.3 Å². The molecule has 2 saturated carbocycles. The van der Waals surface area contributed by atoms with Gasteiger partial charge in [0, 0.05) is 13.1 Å². The zero-order chi connectivity index (χ0) is 14.7. The van der Waals surface area contributed by atoms with Gasteiger partial charge < -0.3 is 14.8 Å². The van der Waals surface area contributed by atoms with Gasteiger partial charge in [0.1, 0.15) is 5.75 Å². The van der Waals surface area contributed by atoms with Crippen LogP contribution in [0.25, 0.3) is 0 Å². The number of esters is 1. The third kappa shape index (κ3) is 3.76. The van der Waals surface area contributed by atoms with Crippen LogP contribution in [0.15, 0.2) is 24.3 Å². The maximum atomic E-state index is 11.6. The second-order valence-electron chi connectivity index (χ2n) is 6.27. The van der Waals surface area contributed by atoms with Gasteiger partial charge >= 0.3 is 5.97 Å². The lowest BCUT2D eigenvalue weighted by Crippen LogP contribution is -2.30. The van der Waals surface area contributed by atoms with Gasteiger partial charge in [-0.2, -0.15) is 0 Å². The second kappa shape index (κ2) is 6.06. The molecule has 1 N–H and O–H groups in total. The molecule has 0 spiro atoms. The van der Waals surface area contributed by atoms with Crippen LogP contribution in [0, 0.1) is 11.3 Å². The highest BCUT2D eigenvalue weighted by atomic mass is 16.5. The number of methoxy groups -OCH3 is 1. The summed E-state index contributed by atoms with van der Waals surface area (Å²) in [4.78, 5) is 11.6. The van der Waals surface area contributed by atoms with Gasteiger partial charge in [0.25, 0.3) is 0 Å². The molecule has 4 heteroatoms. The van der Waals surface area contributed by atoms with Crippen molar-refractivity contribution >= 4 is 5.97 Å². The maximum absolute atomic E-state index is 11.6. The molecule has 0 heterocycles. The Labute approximate surface area is 125 Å². The summed E-state index contributed by atoms with van der Waals surface area (Å²) in [6, 6.07) is 8.19. The van der Waals surface area contributed by atoms with E-state index in [4.69, 9.17) is 9.47 Å². The predicted octanol–water partition coefficient (Wildman–Crippen LogP) is 2.52. The number of benzene rings is 1. The molecule has 0 amide bonds. The quantitative estimate of drug-likeness (QED) is 0.747. The van der Waals surface area contributed by atoms with Crippen molar-refractivity contribution in [3.8, 4) is 5.75 Å². The molecule has 0 saturated heterocycles. The monoisotopic (exact) mass is 289 g/mol. The molecular weight excluding hydrogens is 266 g/mol. The lowest BCUT2D eigenvalue weighted by atomic mass is 10.1. The number of nitrogens with one attached hydrogen (secondary N) is 1. The number of hydrogen-bond acceptors (Lipinski definition) is 4. The lowest BCUT2D eigenvalue weighted by molar-refractivity contribution is -0.146. The summed E-state index contributed by atoms with van der Waals surface area (Å²) in [5.41, 5.74) is 0.941. The fraction of sp³-hybridized carbons (Fsp3) is 0.588. The fourth-order valence-corrected chi connectivity index (χ4v) is 2.47. The summed E-state index contributed by atoms with van der Waals surface area (Å²) in [7, 11) is 1.46. The van der Waals surface area contributed by atoms with E-state index >= 15 is 0 Å². The minimum absolute atomic E-state index is 0.0844. The smallest absolute Gasteiger partial charge is 0.313 e. The van der Waals surface area contributed by atoms with Crippen molar-refractivity contribution in [3.05, 3.63) is 29.8 Å². The van der Waals surface area contributed by atoms with Crippen LogP contribution in [0.3, 0.4) is 0 Å². The van der Waals surface area contributed by atoms with Crippen LogP contribution < -0.4 is 10.1 Å². The molecular formula is C17H23NO3. The molecule has 4 nitrogen and oxygen atoms in total. The van der Waals surface area contributed by atoms with Crippen LogP contribution in [0.2, 0.25) is 0 Å². The van der Waals surface area contributed by atoms with Crippen molar-refractivity contribution in [2.45, 2.75) is 32.2 Å². The molecule has 2 aliphatic rings. The first kappa shape index (κ1) is 14.4. The Kier molecular flexibility index (Phi) is 4.15. The SMILES string of the molecule is COC(=O)C1(CNCc2ccc(OCC3CC3)cc2)CC1. The molecule has 0 aromatic heterocycles. The topological polar surface area (TPSA) is 47.6 Å². The molecule has 1 aromatic carbocycles. The fourth-order valence-electron chi connectivity index (χ4n) is 2.47. The van der Waals surface area contributed by atoms with Crippen LogP contribution in [0.4, 0.5) is 0 Å². The molecule has 0 aliphatic heterocycles. The Hall–Kier alpha value is -1.55. The Morgan fingerprint density at radius 1 is 1.29 bits per heavy atom. The van der Waals surface area contributed by atoms with Crippen LogP contribution in [0.5, 0.6) is 5.75 Å². The zero-order valence-corrected chi connectivity index (χ0v) is 12.6. The van der Waals surface area contributed by atoms with Crippen LogP contribution in [-0.2, 0) is 16.1 Å². The maximum Gasteiger partial charge on any atom is 0.313 e. The van der Waals surface area contributed by atoms with Crippen molar-refractivity contribution in [1.29, 1.82) is 0 Å². The van der Waals surface area contributed by atoms with Gasteiger partial charge in [-0.15, -0.1) is 0 Å². The summed E-state index contributed by atoms with van der Waals surface area (Å²) in [6.45, 7) is 2.31. The molecule has 2 aliphatic carbocycles. The highest BCUT2D eigenvalue weighted by Crippen LogP contribution is 2.46. The van der Waals surface area contributed by atoms with E-state index in [-0.39, 0.29) is 11.4 Å². The third-order valence-corrected chi connectivity index (χ3v) is 4.37. The standard InChI is InChI=1S/C17H23NO3/c1-20-16(19)17(8-9-17)12-18-10-13-4-6-15(7-5-13)21-11-14-2-3-14/h4-7,14,18H,2-3,8-12H2,1H3. The summed E-state index contributed by atoms with van der Waals surface area (Å²) >= 11 is 0. The minimum Gasteiger partial charge on any atom is -0.493 e. The first-order valence-electron chi connectivity index (χ1n) is 7.73. The van der Waals surface area contributed by atoms with E-state index < -0.39 is 0 Å². The number of ether oxygens (including phenoxy) is 2. The molecule has 21 heavy (non-hydrogen) atoms. The Morgan fingerprint density at radius 3 is 2.57 bits per heavy atom. The second-order valence-corrected chi connectivity index (χ2v) is 6.27. The largest absolute Gasteiger partial charge is 0.493 e. The molecule has 0 radical (unpaired) electrons. The number of carbonyl (C=O) groups is 1. The predicted molar refractivity (Wildman–Crippen MR) is 80.1 cm³/mol. The minimum atomic E-state index is -0.262. The van der Waals surface area contributed by atoms with Crippen LogP contribution >= 0.6 is 0 Å². The Morgan fingerprint density at radius 2 is 2.00 bits per heavy atom. The molecule has 3 rings (SSSR count). The lowest BCUT2D eigenvalue weighted by Gasteiger charge is -2.13. The summed E-state index contributed by atoms with van der Waals surface area (Å²) in [5, 5.41) is 3.36. The van der Waals surface area contributed by atoms with Crippen molar-refractivity contribution in [3.63, 3.8) is 0 Å². The summed E-state index contributed by atoms with van der Waals surface area (Å²) < 4.78 is 10.6. The van der Waals surface area contributed by atoms with E-state index in [0.29, 0.717) is 6.54 Å². The van der Waals surface area contributed by atoms with Gasteiger partial charge in [0.15, 0.2) is 0 Å². The highest BCUT2D eigenvalue weighted by Gasteiger charge is 2.50. The van der Waals surface area contributed by atoms with Gasteiger partial charge in [-0.1, -0.05) is 12.1 Å². The van der Waals surface area contributed by atoms with Gasteiger partial charge in [0.05, 0.1) is 19.1 Å². The van der Waals surface area contributed by atoms with Gasteiger partial charge in [0.2, 0.25) is 0 Å². The zero-order valence-electron chi connectivity index (χ0n) is 12.6. The first-order valence-corrected chi connectivity index (χ1v) is 7.73. The van der Waals surface area contributed by atoms with Crippen molar-refractivity contribution in [2.24, 2.45) is 11.3 Å². The van der Waals surface area contributed by atoms with E-state index in [0.717, 1.165) is 37.7 Å². The van der Waals surface area contributed by atoms with E-state index in [9.17, 15) is 4.79 Å². The summed E-state index contributed by atoms with van der Waals surface area (Å²) in [5.74, 6) is 1.64. The van der Waals surface area contributed by atoms with Gasteiger partial charge in [-0.05, 0) is 49.3 Å². The Balaban J connectivity index is 1.41. The van der Waals surface area contributed by atoms with Gasteiger partial charge in [-0.25, -0.2) is 0 Å². The Bertz CT molecular complexity index is 489. The van der Waals surface area contributed by atoms with E-state index in [1.807, 2.05) is 12.1 Å². The van der Waals surface area contributed by atoms with Gasteiger partial charge in [-0.3, -0.25) is 4.79 Å². The average Bonchev–Trinajstić information content (AvgIpc) is 3.41. The molecule has 1 aromatic rings. The van der Waals surface area contributed by atoms with Crippen molar-refractivity contribution < 1.29 is 14.3 Å². The highest BCUT2D eigenvalue weighted by molar-refractivity contribution is 5.80. The molecule has 0 unspecified atom stereocenters. The molecule has 114 valence electrons. The van der Waals surface area contributed by atoms with E-state index in [1.165, 1.54) is 25.5 Å². The van der Waals surface area contributed by atoms with Crippen LogP contribution in [-0.4, -0.2) is 26.2 Å². The third-order valence-electron chi connectivity index (χ3n) is 4.37. The number of carbonyl (C=O) groups excluding carboxylic acids is 1. The summed E-state index contributed by atoms with van der Waals surface area (Å²) in [6.07, 6.45) is 4.48. The van der Waals surface area contributed by atoms with E-state index in [1.54, 1.807) is 0 Å². The van der Waals surface area contributed by atoms with Crippen LogP contribution in [0.1, 0.15) is 31.2 Å². The van der Waals surface area contributed by atoms with E-state index in [2.05, 4.69) is 17.4 Å². The normalized spacial score (nSPS) is 19.1. The number of rotatable bonds is 8. The molecule has 0 bridgehead atoms. The van der Waals surface area contributed by atoms with Crippen molar-refractivity contribution in [1.82, 2.24) is 5.32 Å². The number of hydrogen-bond donors (Lipinski definition) is 1. The molecule has 0 atom stereocenters. The molecule has 2 fully saturated rings. The first-order chi connectivity index (χ1) is 10.2.